The summed E-state index contributed by atoms with van der Waals surface area (Å²) in [6, 6.07) is 4.59. The van der Waals surface area contributed by atoms with Crippen molar-refractivity contribution in [3.8, 4) is 17.1 Å². The van der Waals surface area contributed by atoms with E-state index in [1.54, 1.807) is 17.5 Å². The molecule has 1 aliphatic heterocycles. The second kappa shape index (κ2) is 14.9. The van der Waals surface area contributed by atoms with Crippen LogP contribution in [0.2, 0.25) is 0 Å². The van der Waals surface area contributed by atoms with Gasteiger partial charge >= 0.3 is 0 Å². The minimum atomic E-state index is -3.82. The molecule has 3 heterocycles. The van der Waals surface area contributed by atoms with Gasteiger partial charge in [-0.1, -0.05) is 18.5 Å². The summed E-state index contributed by atoms with van der Waals surface area (Å²) in [6.45, 7) is 8.61. The number of H-pyrrole nitrogens is 1. The summed E-state index contributed by atoms with van der Waals surface area (Å²) in [7, 11) is -3.82. The van der Waals surface area contributed by atoms with E-state index in [9.17, 15) is 18.4 Å². The Hall–Kier alpha value is -3.86. The lowest BCUT2D eigenvalue weighted by atomic mass is 10.1. The molecule has 0 amide bonds. The first-order chi connectivity index (χ1) is 20.2. The van der Waals surface area contributed by atoms with Crippen molar-refractivity contribution in [3.05, 3.63) is 50.3 Å². The molecule has 1 saturated heterocycles. The highest BCUT2D eigenvalue weighted by molar-refractivity contribution is 7.89. The van der Waals surface area contributed by atoms with E-state index >= 15 is 0 Å². The molecule has 0 bridgehead atoms. The lowest BCUT2D eigenvalue weighted by molar-refractivity contribution is -0.755. The summed E-state index contributed by atoms with van der Waals surface area (Å²) >= 11 is 0. The Morgan fingerprint density at radius 3 is 2.50 bits per heavy atom. The van der Waals surface area contributed by atoms with Gasteiger partial charge < -0.3 is 24.9 Å². The van der Waals surface area contributed by atoms with Gasteiger partial charge in [0.25, 0.3) is 5.56 Å². The van der Waals surface area contributed by atoms with Crippen molar-refractivity contribution < 1.29 is 34.0 Å². The molecule has 5 N–H and O–H groups in total. The van der Waals surface area contributed by atoms with Gasteiger partial charge in [-0.3, -0.25) is 4.79 Å². The van der Waals surface area contributed by atoms with Crippen molar-refractivity contribution >= 4 is 21.8 Å². The Bertz CT molecular complexity index is 1560. The molecular weight excluding hydrogens is 570 g/mol. The zero-order chi connectivity index (χ0) is 30.9. The monoisotopic (exact) mass is 608 g/mol. The summed E-state index contributed by atoms with van der Waals surface area (Å²) in [5.74, 6) is 0.562. The predicted molar refractivity (Wildman–Crippen MR) is 154 cm³/mol. The zero-order valence-corrected chi connectivity index (χ0v) is 24.7. The van der Waals surface area contributed by atoms with Crippen LogP contribution in [0.15, 0.2) is 33.0 Å². The number of rotatable bonds is 11. The highest BCUT2D eigenvalue weighted by Crippen LogP contribution is 2.32. The van der Waals surface area contributed by atoms with Crippen molar-refractivity contribution in [2.45, 2.75) is 44.9 Å². The van der Waals surface area contributed by atoms with Crippen molar-refractivity contribution in [1.29, 1.82) is 0 Å². The van der Waals surface area contributed by atoms with E-state index in [4.69, 9.17) is 25.1 Å². The Balaban J connectivity index is 0.00000155. The number of aromatic amines is 1. The van der Waals surface area contributed by atoms with Crippen LogP contribution in [0.5, 0.6) is 5.75 Å². The van der Waals surface area contributed by atoms with Crippen LogP contribution in [-0.4, -0.2) is 99.9 Å². The van der Waals surface area contributed by atoms with Gasteiger partial charge in [0.05, 0.1) is 33.9 Å². The standard InChI is InChI=1S/C26H36N6O6S.HNO2/c1-4-7-22-21(17-27-35)18(3)24-26(34)28-25(29-32(22)24)20-16-19(8-9-23(20)38-5-2)39(36,37)31-13-11-30(12-14-31)10-6-15-33;2-1-3/h8-9,16-17,33,35H,4-7,10-15H2,1-3H3,(H,28,29,34);1H/p+1/b27-17+;. The third-order valence-electron chi connectivity index (χ3n) is 6.97. The van der Waals surface area contributed by atoms with Gasteiger partial charge in [0, 0.05) is 44.9 Å². The maximum atomic E-state index is 13.6. The number of piperazine rings is 1. The molecule has 4 rings (SSSR count). The number of aromatic nitrogens is 3. The van der Waals surface area contributed by atoms with Crippen molar-refractivity contribution in [2.24, 2.45) is 5.16 Å². The highest BCUT2D eigenvalue weighted by atomic mass is 32.2. The first-order valence-corrected chi connectivity index (χ1v) is 15.1. The topological polar surface area (TPSA) is 204 Å². The molecule has 42 heavy (non-hydrogen) atoms. The average molecular weight is 609 g/mol. The number of aryl methyl sites for hydroxylation is 2. The number of oxime groups is 1. The fourth-order valence-electron chi connectivity index (χ4n) is 5.02. The minimum Gasteiger partial charge on any atom is -0.493 e. The van der Waals surface area contributed by atoms with Gasteiger partial charge in [0.15, 0.2) is 11.2 Å². The van der Waals surface area contributed by atoms with Gasteiger partial charge in [0.2, 0.25) is 10.0 Å². The maximum Gasteiger partial charge on any atom is 0.275 e. The van der Waals surface area contributed by atoms with Crippen LogP contribution >= 0.6 is 0 Å². The highest BCUT2D eigenvalue weighted by Gasteiger charge is 2.30. The molecule has 0 atom stereocenters. The lowest BCUT2D eigenvalue weighted by Gasteiger charge is -2.33. The van der Waals surface area contributed by atoms with Crippen LogP contribution in [0.1, 0.15) is 43.5 Å². The summed E-state index contributed by atoms with van der Waals surface area (Å²) in [4.78, 5) is 26.5. The Morgan fingerprint density at radius 2 is 1.90 bits per heavy atom. The van der Waals surface area contributed by atoms with Crippen molar-refractivity contribution in [3.63, 3.8) is 0 Å². The second-order valence-corrected chi connectivity index (χ2v) is 11.5. The molecule has 15 nitrogen and oxygen atoms in total. The van der Waals surface area contributed by atoms with Crippen LogP contribution in [0.25, 0.3) is 16.9 Å². The third kappa shape index (κ3) is 6.95. The average Bonchev–Trinajstić information content (AvgIpc) is 3.24. The SMILES string of the molecule is CCCc1c(/C=N/O)c(C)c2c(=O)[nH]c(-c3cc(S(=O)(=O)N4CCN(CCCO)CC4)ccc3OCC)nn12.O=[NH+]O. The van der Waals surface area contributed by atoms with Crippen LogP contribution in [0, 0.1) is 11.8 Å². The molecule has 0 aliphatic carbocycles. The number of hydrogen-bond donors (Lipinski definition) is 5. The molecular formula is C26H38N7O8S+. The first-order valence-electron chi connectivity index (χ1n) is 13.6. The van der Waals surface area contributed by atoms with Crippen LogP contribution in [0.3, 0.4) is 0 Å². The molecule has 16 heteroatoms. The first kappa shape index (κ1) is 32.7. The number of hydrogen-bond acceptors (Lipinski definition) is 10. The fourth-order valence-corrected chi connectivity index (χ4v) is 6.47. The van der Waals surface area contributed by atoms with E-state index in [1.807, 2.05) is 13.8 Å². The van der Waals surface area contributed by atoms with Gasteiger partial charge in [-0.05, 0) is 50.5 Å². The van der Waals surface area contributed by atoms with Gasteiger partial charge in [0.1, 0.15) is 11.3 Å². The molecule has 0 spiro atoms. The van der Waals surface area contributed by atoms with E-state index in [0.29, 0.717) is 78.9 Å². The zero-order valence-electron chi connectivity index (χ0n) is 23.9. The van der Waals surface area contributed by atoms with Crippen molar-refractivity contribution in [2.75, 3.05) is 45.9 Å². The predicted octanol–water partition coefficient (Wildman–Crippen LogP) is 0.0686. The second-order valence-electron chi connectivity index (χ2n) is 9.55. The van der Waals surface area contributed by atoms with E-state index in [0.717, 1.165) is 18.7 Å². The number of nitrogens with zero attached hydrogens (tertiary/aromatic N) is 5. The molecule has 1 aliphatic rings. The Labute approximate surface area is 243 Å². The smallest absolute Gasteiger partial charge is 0.275 e. The summed E-state index contributed by atoms with van der Waals surface area (Å²) in [5.41, 5.74) is 2.26. The number of nitrogens with one attached hydrogen (secondary N) is 2. The number of sulfonamides is 1. The molecule has 1 aromatic carbocycles. The fraction of sp³-hybridized carbons (Fsp3) is 0.500. The molecule has 0 saturated carbocycles. The molecule has 1 fully saturated rings. The lowest BCUT2D eigenvalue weighted by Crippen LogP contribution is -2.58. The normalized spacial score (nSPS) is 14.7. The Morgan fingerprint density at radius 1 is 1.21 bits per heavy atom. The van der Waals surface area contributed by atoms with Crippen LogP contribution in [-0.2, 0) is 16.4 Å². The van der Waals surface area contributed by atoms with Gasteiger partial charge in [-0.2, -0.15) is 4.31 Å². The van der Waals surface area contributed by atoms with E-state index < -0.39 is 15.6 Å². The van der Waals surface area contributed by atoms with Crippen molar-refractivity contribution in [1.82, 2.24) is 23.8 Å². The molecule has 230 valence electrons. The van der Waals surface area contributed by atoms with Gasteiger partial charge in [-0.15, -0.1) is 5.10 Å². The number of ether oxygens (including phenoxy) is 1. The molecule has 0 radical (unpaired) electrons. The number of aliphatic hydroxyl groups excluding tert-OH is 1. The van der Waals surface area contributed by atoms with E-state index in [-0.39, 0.29) is 17.3 Å². The molecule has 3 aromatic rings. The van der Waals surface area contributed by atoms with E-state index in [1.165, 1.54) is 22.7 Å². The van der Waals surface area contributed by atoms with Crippen LogP contribution < -0.4 is 15.6 Å². The minimum absolute atomic E-state index is 0.0816. The largest absolute Gasteiger partial charge is 0.493 e. The number of benzene rings is 1. The number of aliphatic hydroxyl groups is 1. The summed E-state index contributed by atoms with van der Waals surface area (Å²) in [5, 5.41) is 33.4. The summed E-state index contributed by atoms with van der Waals surface area (Å²) in [6.07, 6.45) is 3.31. The number of fused-ring (bicyclic) bond motifs is 1. The summed E-state index contributed by atoms with van der Waals surface area (Å²) < 4.78 is 36.0. The molecule has 0 unspecified atom stereocenters. The molecule has 2 aromatic heterocycles. The Kier molecular flexibility index (Phi) is 11.6. The van der Waals surface area contributed by atoms with Gasteiger partial charge in [-0.25, -0.2) is 18.1 Å². The van der Waals surface area contributed by atoms with E-state index in [2.05, 4.69) is 15.0 Å². The maximum absolute atomic E-state index is 13.6. The van der Waals surface area contributed by atoms with Crippen LogP contribution in [0.4, 0.5) is 0 Å². The quantitative estimate of drug-likeness (QED) is 0.113. The third-order valence-corrected chi connectivity index (χ3v) is 8.86.